The molecule has 7 nitrogen and oxygen atoms in total. The first-order valence-electron chi connectivity index (χ1n) is 6.90. The molecule has 0 radical (unpaired) electrons. The molecule has 0 fully saturated rings. The fraction of sp³-hybridized carbons (Fsp3) is 0.200. The number of carbonyl (C=O) groups excluding carboxylic acids is 1. The van der Waals surface area contributed by atoms with Crippen molar-refractivity contribution in [2.75, 3.05) is 5.32 Å². The fourth-order valence-electron chi connectivity index (χ4n) is 2.23. The van der Waals surface area contributed by atoms with Crippen LogP contribution in [0.4, 0.5) is 5.82 Å². The number of halogens is 2. The van der Waals surface area contributed by atoms with Crippen molar-refractivity contribution in [1.82, 2.24) is 9.78 Å². The highest BCUT2D eigenvalue weighted by atomic mass is 35.5. The summed E-state index contributed by atoms with van der Waals surface area (Å²) in [7, 11) is 1.63. The third kappa shape index (κ3) is 3.07. The van der Waals surface area contributed by atoms with Gasteiger partial charge in [0.15, 0.2) is 0 Å². The molecule has 2 aromatic rings. The molecule has 1 aliphatic rings. The summed E-state index contributed by atoms with van der Waals surface area (Å²) in [5, 5.41) is 20.4. The molecule has 0 bridgehead atoms. The van der Waals surface area contributed by atoms with Crippen LogP contribution < -0.4 is 5.32 Å². The van der Waals surface area contributed by atoms with Gasteiger partial charge in [0.1, 0.15) is 17.5 Å². The molecule has 1 aromatic heterocycles. The number of rotatable bonds is 3. The Hall–Kier alpha value is -2.56. The van der Waals surface area contributed by atoms with Crippen LogP contribution >= 0.6 is 23.2 Å². The number of nitriles is 1. The third-order valence-electron chi connectivity index (χ3n) is 3.51. The third-order valence-corrected chi connectivity index (χ3v) is 4.25. The Bertz CT molecular complexity index is 884. The minimum atomic E-state index is -0.795. The van der Waals surface area contributed by atoms with Crippen molar-refractivity contribution < 1.29 is 9.63 Å². The van der Waals surface area contributed by atoms with Gasteiger partial charge >= 0.3 is 0 Å². The predicted octanol–water partition coefficient (Wildman–Crippen LogP) is 2.73. The van der Waals surface area contributed by atoms with Crippen molar-refractivity contribution in [2.45, 2.75) is 12.5 Å². The summed E-state index contributed by atoms with van der Waals surface area (Å²) in [6, 6.07) is 7.04. The lowest BCUT2D eigenvalue weighted by atomic mass is 10.0. The summed E-state index contributed by atoms with van der Waals surface area (Å²) in [5.41, 5.74) is 1.60. The molecule has 9 heteroatoms. The van der Waals surface area contributed by atoms with Gasteiger partial charge < -0.3 is 10.2 Å². The summed E-state index contributed by atoms with van der Waals surface area (Å²) in [6.45, 7) is 0. The lowest BCUT2D eigenvalue weighted by Crippen LogP contribution is -2.29. The van der Waals surface area contributed by atoms with Gasteiger partial charge in [-0.1, -0.05) is 34.4 Å². The maximum atomic E-state index is 12.3. The summed E-state index contributed by atoms with van der Waals surface area (Å²) in [6.07, 6.45) is 0.864. The number of oxime groups is 1. The number of benzene rings is 1. The monoisotopic (exact) mass is 363 g/mol. The topological polar surface area (TPSA) is 92.3 Å². The lowest BCUT2D eigenvalue weighted by molar-refractivity contribution is -0.125. The van der Waals surface area contributed by atoms with Gasteiger partial charge in [0.25, 0.3) is 5.91 Å². The molecule has 1 atom stereocenters. The van der Waals surface area contributed by atoms with Crippen LogP contribution in [0.25, 0.3) is 0 Å². The highest BCUT2D eigenvalue weighted by Gasteiger charge is 2.30. The second-order valence-corrected chi connectivity index (χ2v) is 5.91. The minimum absolute atomic E-state index is 0.273. The van der Waals surface area contributed by atoms with Gasteiger partial charge in [-0.3, -0.25) is 9.48 Å². The largest absolute Gasteiger partial charge is 0.382 e. The number of amides is 1. The van der Waals surface area contributed by atoms with Crippen LogP contribution in [0.1, 0.15) is 17.5 Å². The van der Waals surface area contributed by atoms with Crippen LogP contribution in [-0.4, -0.2) is 27.5 Å². The van der Waals surface area contributed by atoms with Gasteiger partial charge in [-0.25, -0.2) is 0 Å². The van der Waals surface area contributed by atoms with Crippen molar-refractivity contribution >= 4 is 40.6 Å². The maximum Gasteiger partial charge on any atom is 0.269 e. The average Bonchev–Trinajstić information content (AvgIpc) is 3.18. The molecule has 1 aromatic carbocycles. The molecule has 3 rings (SSSR count). The highest BCUT2D eigenvalue weighted by molar-refractivity contribution is 6.42. The lowest BCUT2D eigenvalue weighted by Gasteiger charge is -2.10. The smallest absolute Gasteiger partial charge is 0.269 e. The number of anilines is 1. The normalized spacial score (nSPS) is 16.2. The van der Waals surface area contributed by atoms with Crippen molar-refractivity contribution in [2.24, 2.45) is 12.2 Å². The second-order valence-electron chi connectivity index (χ2n) is 5.10. The first kappa shape index (κ1) is 16.3. The van der Waals surface area contributed by atoms with Crippen LogP contribution in [0, 0.1) is 11.3 Å². The standard InChI is InChI=1S/C15H11Cl2N5O2/c1-22-14(9(6-18)7-19-22)20-15(23)13-5-12(21-24-13)8-2-3-10(16)11(17)4-8/h2-4,7,13H,5H2,1H3,(H,20,23)/t13-/m1/s1. The van der Waals surface area contributed by atoms with E-state index in [1.807, 2.05) is 6.07 Å². The van der Waals surface area contributed by atoms with E-state index in [1.54, 1.807) is 25.2 Å². The van der Waals surface area contributed by atoms with Gasteiger partial charge in [-0.2, -0.15) is 10.4 Å². The molecular formula is C15H11Cl2N5O2. The summed E-state index contributed by atoms with van der Waals surface area (Å²) >= 11 is 11.9. The van der Waals surface area contributed by atoms with E-state index in [1.165, 1.54) is 10.9 Å². The first-order chi connectivity index (χ1) is 11.5. The average molecular weight is 364 g/mol. The molecule has 2 heterocycles. The Balaban J connectivity index is 1.70. The van der Waals surface area contributed by atoms with Crippen LogP contribution in [0.5, 0.6) is 0 Å². The van der Waals surface area contributed by atoms with Gasteiger partial charge in [0.05, 0.1) is 22.0 Å². The number of aryl methyl sites for hydroxylation is 1. The van der Waals surface area contributed by atoms with E-state index >= 15 is 0 Å². The molecule has 24 heavy (non-hydrogen) atoms. The zero-order valence-corrected chi connectivity index (χ0v) is 14.0. The van der Waals surface area contributed by atoms with Gasteiger partial charge in [0.2, 0.25) is 6.10 Å². The number of carbonyl (C=O) groups is 1. The molecule has 1 aliphatic heterocycles. The summed E-state index contributed by atoms with van der Waals surface area (Å²) < 4.78 is 1.41. The minimum Gasteiger partial charge on any atom is -0.382 e. The zero-order valence-electron chi connectivity index (χ0n) is 12.5. The van der Waals surface area contributed by atoms with E-state index in [4.69, 9.17) is 33.3 Å². The fourth-order valence-corrected chi connectivity index (χ4v) is 2.53. The van der Waals surface area contributed by atoms with Gasteiger partial charge in [-0.05, 0) is 12.1 Å². The van der Waals surface area contributed by atoms with E-state index < -0.39 is 12.0 Å². The number of hydrogen-bond acceptors (Lipinski definition) is 5. The van der Waals surface area contributed by atoms with Crippen LogP contribution in [0.2, 0.25) is 10.0 Å². The molecule has 1 amide bonds. The molecule has 0 aliphatic carbocycles. The SMILES string of the molecule is Cn1ncc(C#N)c1NC(=O)[C@H]1CC(c2ccc(Cl)c(Cl)c2)=NO1. The van der Waals surface area contributed by atoms with E-state index in [0.29, 0.717) is 21.6 Å². The molecule has 0 spiro atoms. The van der Waals surface area contributed by atoms with Crippen LogP contribution in [0.15, 0.2) is 29.6 Å². The Morgan fingerprint density at radius 2 is 2.25 bits per heavy atom. The molecular weight excluding hydrogens is 353 g/mol. The summed E-state index contributed by atoms with van der Waals surface area (Å²) in [4.78, 5) is 17.5. The maximum absolute atomic E-state index is 12.3. The molecule has 1 N–H and O–H groups in total. The van der Waals surface area contributed by atoms with Crippen molar-refractivity contribution in [3.05, 3.63) is 45.6 Å². The van der Waals surface area contributed by atoms with E-state index in [0.717, 1.165) is 5.56 Å². The second kappa shape index (κ2) is 6.51. The number of hydrogen-bond donors (Lipinski definition) is 1. The van der Waals surface area contributed by atoms with E-state index in [2.05, 4.69) is 15.6 Å². The first-order valence-corrected chi connectivity index (χ1v) is 7.66. The molecule has 0 saturated heterocycles. The van der Waals surface area contributed by atoms with E-state index in [-0.39, 0.29) is 12.0 Å². The Morgan fingerprint density at radius 3 is 2.96 bits per heavy atom. The predicted molar refractivity (Wildman–Crippen MR) is 89.0 cm³/mol. The number of aromatic nitrogens is 2. The number of nitrogens with one attached hydrogen (secondary N) is 1. The van der Waals surface area contributed by atoms with Crippen molar-refractivity contribution in [1.29, 1.82) is 5.26 Å². The highest BCUT2D eigenvalue weighted by Crippen LogP contribution is 2.26. The van der Waals surface area contributed by atoms with Crippen LogP contribution in [0.3, 0.4) is 0 Å². The molecule has 0 saturated carbocycles. The van der Waals surface area contributed by atoms with Crippen molar-refractivity contribution in [3.8, 4) is 6.07 Å². The number of nitrogens with zero attached hydrogens (tertiary/aromatic N) is 4. The zero-order chi connectivity index (χ0) is 17.3. The summed E-state index contributed by atoms with van der Waals surface area (Å²) in [5.74, 6) is -0.0944. The Kier molecular flexibility index (Phi) is 4.42. The Labute approximate surface area is 147 Å². The van der Waals surface area contributed by atoms with Gasteiger partial charge in [-0.15, -0.1) is 0 Å². The van der Waals surface area contributed by atoms with Crippen molar-refractivity contribution in [3.63, 3.8) is 0 Å². The molecule has 0 unspecified atom stereocenters. The Morgan fingerprint density at radius 1 is 1.46 bits per heavy atom. The quantitative estimate of drug-likeness (QED) is 0.906. The van der Waals surface area contributed by atoms with Crippen LogP contribution in [-0.2, 0) is 16.7 Å². The van der Waals surface area contributed by atoms with E-state index in [9.17, 15) is 4.79 Å². The van der Waals surface area contributed by atoms with Gasteiger partial charge in [0, 0.05) is 19.0 Å². The molecule has 122 valence electrons.